The van der Waals surface area contributed by atoms with Gasteiger partial charge in [-0.1, -0.05) is 48.5 Å². The second-order valence-electron chi connectivity index (χ2n) is 8.24. The van der Waals surface area contributed by atoms with Crippen molar-refractivity contribution in [2.45, 2.75) is 61.4 Å². The number of H-pyrrole nitrogens is 1. The fraction of sp³-hybridized carbons (Fsp3) is 0.455. The maximum absolute atomic E-state index is 10.4. The Morgan fingerprint density at radius 3 is 2.43 bits per heavy atom. The van der Waals surface area contributed by atoms with Crippen molar-refractivity contribution >= 4 is 34.5 Å². The van der Waals surface area contributed by atoms with Gasteiger partial charge in [0.05, 0.1) is 16.2 Å². The third-order valence-corrected chi connectivity index (χ3v) is 7.95. The van der Waals surface area contributed by atoms with E-state index in [0.29, 0.717) is 5.75 Å². The lowest BCUT2D eigenvalue weighted by Crippen LogP contribution is -2.47. The van der Waals surface area contributed by atoms with E-state index in [9.17, 15) is 5.11 Å². The van der Waals surface area contributed by atoms with Gasteiger partial charge < -0.3 is 10.1 Å². The number of hydrogen-bond acceptors (Lipinski definition) is 4. The standard InChI is InChI=1S/C22H24ClN3OS/c1-2-28-20-24-16-13-15(23)18(25-19(16)26-20)22-10-7-21(8-11-22,9-12-22)14-5-3-4-6-17(14)27/h3-6,13,27H,2,7-12H2,1H3,(H,24,25,26). The molecule has 0 atom stereocenters. The molecule has 146 valence electrons. The third-order valence-electron chi connectivity index (χ3n) is 6.91. The molecule has 0 unspecified atom stereocenters. The van der Waals surface area contributed by atoms with Crippen molar-refractivity contribution in [1.82, 2.24) is 15.0 Å². The van der Waals surface area contributed by atoms with Gasteiger partial charge in [0.15, 0.2) is 10.8 Å². The van der Waals surface area contributed by atoms with Gasteiger partial charge in [0, 0.05) is 11.0 Å². The lowest BCUT2D eigenvalue weighted by molar-refractivity contribution is 0.0970. The minimum absolute atomic E-state index is 0.0361. The molecule has 0 saturated heterocycles. The zero-order chi connectivity index (χ0) is 19.4. The van der Waals surface area contributed by atoms with Gasteiger partial charge in [-0.2, -0.15) is 0 Å². The van der Waals surface area contributed by atoms with E-state index in [1.807, 2.05) is 24.3 Å². The number of pyridine rings is 1. The van der Waals surface area contributed by atoms with Crippen LogP contribution in [0.15, 0.2) is 35.5 Å². The summed E-state index contributed by atoms with van der Waals surface area (Å²) in [5.74, 6) is 1.41. The molecule has 3 fully saturated rings. The number of imidazole rings is 1. The molecule has 2 aromatic heterocycles. The molecule has 3 aromatic rings. The molecule has 0 radical (unpaired) electrons. The number of benzene rings is 1. The Labute approximate surface area is 174 Å². The molecule has 2 bridgehead atoms. The van der Waals surface area contributed by atoms with E-state index in [4.69, 9.17) is 16.6 Å². The van der Waals surface area contributed by atoms with Crippen molar-refractivity contribution in [2.75, 3.05) is 5.75 Å². The number of rotatable bonds is 4. The predicted octanol–water partition coefficient (Wildman–Crippen LogP) is 5.97. The molecule has 2 heterocycles. The Bertz CT molecular complexity index is 1020. The second-order valence-corrected chi connectivity index (χ2v) is 9.90. The quantitative estimate of drug-likeness (QED) is 0.517. The first kappa shape index (κ1) is 18.3. The second kappa shape index (κ2) is 6.67. The number of phenols is 1. The van der Waals surface area contributed by atoms with Gasteiger partial charge >= 0.3 is 0 Å². The molecule has 6 heteroatoms. The summed E-state index contributed by atoms with van der Waals surface area (Å²) in [6.45, 7) is 2.11. The summed E-state index contributed by atoms with van der Waals surface area (Å²) >= 11 is 8.41. The summed E-state index contributed by atoms with van der Waals surface area (Å²) in [7, 11) is 0. The van der Waals surface area contributed by atoms with Crippen LogP contribution in [0.2, 0.25) is 5.02 Å². The molecule has 28 heavy (non-hydrogen) atoms. The first-order chi connectivity index (χ1) is 13.6. The smallest absolute Gasteiger partial charge is 0.178 e. The van der Waals surface area contributed by atoms with Gasteiger partial charge in [-0.05, 0) is 61.8 Å². The summed E-state index contributed by atoms with van der Waals surface area (Å²) < 4.78 is 0. The molecule has 0 amide bonds. The van der Waals surface area contributed by atoms with Crippen LogP contribution >= 0.6 is 23.4 Å². The average molecular weight is 414 g/mol. The Morgan fingerprint density at radius 1 is 1.07 bits per heavy atom. The molecule has 3 saturated carbocycles. The first-order valence-electron chi connectivity index (χ1n) is 10.0. The lowest BCUT2D eigenvalue weighted by atomic mass is 9.51. The molecule has 3 aliphatic rings. The first-order valence-corrected chi connectivity index (χ1v) is 11.4. The van der Waals surface area contributed by atoms with E-state index in [1.165, 1.54) is 0 Å². The summed E-state index contributed by atoms with van der Waals surface area (Å²) in [4.78, 5) is 12.9. The Balaban J connectivity index is 1.49. The molecule has 1 aromatic carbocycles. The van der Waals surface area contributed by atoms with Crippen LogP contribution in [0.4, 0.5) is 0 Å². The van der Waals surface area contributed by atoms with E-state index in [-0.39, 0.29) is 10.8 Å². The van der Waals surface area contributed by atoms with Crippen LogP contribution < -0.4 is 0 Å². The molecule has 4 nitrogen and oxygen atoms in total. The van der Waals surface area contributed by atoms with Gasteiger partial charge in [0.2, 0.25) is 0 Å². The normalized spacial score (nSPS) is 26.8. The number of para-hydroxylation sites is 1. The van der Waals surface area contributed by atoms with Crippen LogP contribution in [0.3, 0.4) is 0 Å². The molecule has 0 aliphatic heterocycles. The van der Waals surface area contributed by atoms with Crippen LogP contribution in [-0.4, -0.2) is 25.8 Å². The van der Waals surface area contributed by atoms with Crippen molar-refractivity contribution < 1.29 is 5.11 Å². The highest BCUT2D eigenvalue weighted by atomic mass is 35.5. The van der Waals surface area contributed by atoms with Gasteiger partial charge in [-0.25, -0.2) is 9.97 Å². The lowest BCUT2D eigenvalue weighted by Gasteiger charge is -2.53. The number of thioether (sulfide) groups is 1. The minimum atomic E-state index is 0.0361. The van der Waals surface area contributed by atoms with Crippen molar-refractivity contribution in [1.29, 1.82) is 0 Å². The van der Waals surface area contributed by atoms with Crippen LogP contribution in [0.5, 0.6) is 5.75 Å². The SMILES string of the molecule is CCSc1nc2nc(C34CCC(c5ccccc5O)(CC3)CC4)c(Cl)cc2[nH]1. The Morgan fingerprint density at radius 2 is 1.75 bits per heavy atom. The van der Waals surface area contributed by atoms with E-state index in [0.717, 1.165) is 76.9 Å². The third kappa shape index (κ3) is 2.74. The van der Waals surface area contributed by atoms with Crippen LogP contribution in [-0.2, 0) is 10.8 Å². The highest BCUT2D eigenvalue weighted by Crippen LogP contribution is 2.60. The topological polar surface area (TPSA) is 61.8 Å². The fourth-order valence-corrected chi connectivity index (χ4v) is 6.30. The number of nitrogens with zero attached hydrogens (tertiary/aromatic N) is 2. The van der Waals surface area contributed by atoms with E-state index in [1.54, 1.807) is 11.8 Å². The minimum Gasteiger partial charge on any atom is -0.508 e. The number of aromatic hydroxyl groups is 1. The zero-order valence-electron chi connectivity index (χ0n) is 16.0. The van der Waals surface area contributed by atoms with Crippen LogP contribution in [0.1, 0.15) is 56.7 Å². The summed E-state index contributed by atoms with van der Waals surface area (Å²) in [5.41, 5.74) is 3.96. The van der Waals surface area contributed by atoms with Crippen molar-refractivity contribution in [2.24, 2.45) is 0 Å². The maximum Gasteiger partial charge on any atom is 0.178 e. The molecule has 3 aliphatic carbocycles. The number of phenolic OH excluding ortho intramolecular Hbond substituents is 1. The Hall–Kier alpha value is -1.72. The number of halogens is 1. The monoisotopic (exact) mass is 413 g/mol. The zero-order valence-corrected chi connectivity index (χ0v) is 17.5. The number of fused-ring (bicyclic) bond motifs is 4. The number of nitrogens with one attached hydrogen (secondary N) is 1. The molecule has 6 rings (SSSR count). The largest absolute Gasteiger partial charge is 0.508 e. The van der Waals surface area contributed by atoms with E-state index in [2.05, 4.69) is 23.0 Å². The van der Waals surface area contributed by atoms with Gasteiger partial charge in [0.25, 0.3) is 0 Å². The van der Waals surface area contributed by atoms with E-state index < -0.39 is 0 Å². The van der Waals surface area contributed by atoms with Gasteiger partial charge in [0.1, 0.15) is 5.75 Å². The predicted molar refractivity (Wildman–Crippen MR) is 114 cm³/mol. The number of aromatic amines is 1. The molecular formula is C22H24ClN3OS. The van der Waals surface area contributed by atoms with Crippen molar-refractivity contribution in [3.63, 3.8) is 0 Å². The van der Waals surface area contributed by atoms with Crippen molar-refractivity contribution in [3.05, 3.63) is 46.6 Å². The highest BCUT2D eigenvalue weighted by Gasteiger charge is 2.52. The number of hydrogen-bond donors (Lipinski definition) is 2. The summed E-state index contributed by atoms with van der Waals surface area (Å²) in [6, 6.07) is 9.85. The van der Waals surface area contributed by atoms with E-state index >= 15 is 0 Å². The van der Waals surface area contributed by atoms with Crippen LogP contribution in [0, 0.1) is 0 Å². The highest BCUT2D eigenvalue weighted by molar-refractivity contribution is 7.99. The molecule has 0 spiro atoms. The Kier molecular flexibility index (Phi) is 4.36. The van der Waals surface area contributed by atoms with Crippen molar-refractivity contribution in [3.8, 4) is 5.75 Å². The summed E-state index contributed by atoms with van der Waals surface area (Å²) in [5, 5.41) is 12.1. The number of aromatic nitrogens is 3. The van der Waals surface area contributed by atoms with Crippen LogP contribution in [0.25, 0.3) is 11.2 Å². The molecule has 2 N–H and O–H groups in total. The maximum atomic E-state index is 10.4. The average Bonchev–Trinajstić information content (AvgIpc) is 3.10. The van der Waals surface area contributed by atoms with Gasteiger partial charge in [-0.15, -0.1) is 0 Å². The molecular weight excluding hydrogens is 390 g/mol. The fourth-order valence-electron chi connectivity index (χ4n) is 5.34. The van der Waals surface area contributed by atoms with Gasteiger partial charge in [-0.3, -0.25) is 0 Å². The summed E-state index contributed by atoms with van der Waals surface area (Å²) in [6.07, 6.45) is 6.37.